The Balaban J connectivity index is 1.61. The second kappa shape index (κ2) is 8.41. The van der Waals surface area contributed by atoms with Crippen LogP contribution in [0.1, 0.15) is 41.2 Å². The second-order valence-electron chi connectivity index (χ2n) is 7.50. The largest absolute Gasteiger partial charge is 0.486 e. The molecule has 0 aliphatic carbocycles. The third kappa shape index (κ3) is 4.20. The highest BCUT2D eigenvalue weighted by molar-refractivity contribution is 9.10. The third-order valence-corrected chi connectivity index (χ3v) is 6.25. The van der Waals surface area contributed by atoms with Crippen LogP contribution in [0.2, 0.25) is 0 Å². The van der Waals surface area contributed by atoms with Crippen molar-refractivity contribution in [1.29, 1.82) is 0 Å². The van der Waals surface area contributed by atoms with Crippen LogP contribution < -0.4 is 9.47 Å². The van der Waals surface area contributed by atoms with Crippen molar-refractivity contribution in [3.8, 4) is 11.5 Å². The van der Waals surface area contributed by atoms with Crippen LogP contribution in [0, 0.1) is 6.92 Å². The average Bonchev–Trinajstić information content (AvgIpc) is 2.70. The summed E-state index contributed by atoms with van der Waals surface area (Å²) in [5.41, 5.74) is 4.52. The number of halogens is 1. The fourth-order valence-corrected chi connectivity index (χ4v) is 4.39. The van der Waals surface area contributed by atoms with E-state index in [2.05, 4.69) is 41.1 Å². The van der Waals surface area contributed by atoms with Crippen LogP contribution in [0.3, 0.4) is 0 Å². The van der Waals surface area contributed by atoms with Gasteiger partial charge in [0, 0.05) is 17.3 Å². The Morgan fingerprint density at radius 1 is 1.07 bits per heavy atom. The molecule has 3 atom stereocenters. The van der Waals surface area contributed by atoms with Crippen molar-refractivity contribution in [2.75, 3.05) is 19.8 Å². The van der Waals surface area contributed by atoms with Crippen molar-refractivity contribution in [3.63, 3.8) is 0 Å². The molecule has 150 valence electrons. The van der Waals surface area contributed by atoms with Gasteiger partial charge in [0.05, 0.1) is 24.9 Å². The minimum atomic E-state index is -0.461. The van der Waals surface area contributed by atoms with Crippen LogP contribution in [-0.2, 0) is 11.2 Å². The number of aliphatic hydroxyl groups is 2. The van der Waals surface area contributed by atoms with Gasteiger partial charge in [0.25, 0.3) is 0 Å². The number of ether oxygens (including phenoxy) is 3. The molecular weight excluding hydrogens is 424 g/mol. The molecule has 6 heteroatoms. The van der Waals surface area contributed by atoms with Crippen LogP contribution in [0.5, 0.6) is 11.5 Å². The number of fused-ring (bicyclic) bond motifs is 1. The zero-order chi connectivity index (χ0) is 19.7. The van der Waals surface area contributed by atoms with Crippen molar-refractivity contribution in [1.82, 2.24) is 0 Å². The van der Waals surface area contributed by atoms with E-state index in [0.717, 1.165) is 33.5 Å². The first-order chi connectivity index (χ1) is 13.5. The lowest BCUT2D eigenvalue weighted by molar-refractivity contribution is -0.113. The van der Waals surface area contributed by atoms with Crippen LogP contribution in [0.4, 0.5) is 0 Å². The maximum Gasteiger partial charge on any atom is 0.161 e. The van der Waals surface area contributed by atoms with Crippen molar-refractivity contribution in [2.45, 2.75) is 44.5 Å². The van der Waals surface area contributed by atoms with Gasteiger partial charge >= 0.3 is 0 Å². The molecule has 2 aliphatic heterocycles. The predicted octanol–water partition coefficient (Wildman–Crippen LogP) is 3.69. The average molecular weight is 449 g/mol. The first-order valence-corrected chi connectivity index (χ1v) is 10.4. The Labute approximate surface area is 173 Å². The lowest BCUT2D eigenvalue weighted by atomic mass is 9.92. The number of rotatable bonds is 4. The Bertz CT molecular complexity index is 853. The molecule has 0 bridgehead atoms. The first-order valence-electron chi connectivity index (χ1n) is 9.65. The Morgan fingerprint density at radius 3 is 2.64 bits per heavy atom. The van der Waals surface area contributed by atoms with E-state index in [4.69, 9.17) is 14.2 Å². The number of benzene rings is 2. The topological polar surface area (TPSA) is 68.2 Å². The van der Waals surface area contributed by atoms with E-state index in [1.807, 2.05) is 12.1 Å². The summed E-state index contributed by atoms with van der Waals surface area (Å²) in [5.74, 6) is 1.59. The predicted molar refractivity (Wildman–Crippen MR) is 109 cm³/mol. The lowest BCUT2D eigenvalue weighted by Crippen LogP contribution is -2.33. The van der Waals surface area contributed by atoms with Gasteiger partial charge < -0.3 is 24.4 Å². The quantitative estimate of drug-likeness (QED) is 0.746. The molecule has 0 aromatic heterocycles. The van der Waals surface area contributed by atoms with E-state index in [0.29, 0.717) is 26.1 Å². The van der Waals surface area contributed by atoms with Gasteiger partial charge in [-0.1, -0.05) is 28.1 Å². The van der Waals surface area contributed by atoms with Crippen molar-refractivity contribution in [3.05, 3.63) is 57.1 Å². The first kappa shape index (κ1) is 19.7. The van der Waals surface area contributed by atoms with Crippen LogP contribution >= 0.6 is 15.9 Å². The smallest absolute Gasteiger partial charge is 0.161 e. The summed E-state index contributed by atoms with van der Waals surface area (Å²) in [5, 5.41) is 19.6. The number of hydrogen-bond donors (Lipinski definition) is 2. The molecule has 4 rings (SSSR count). The SMILES string of the molecule is Cc1c(Br)cc(C2CC(O)CC(CO)O2)cc1Cc1ccc2c(c1)OCCO2. The fourth-order valence-electron chi connectivity index (χ4n) is 3.87. The molecule has 1 fully saturated rings. The normalized spacial score (nSPS) is 24.2. The number of aliphatic hydroxyl groups excluding tert-OH is 2. The van der Waals surface area contributed by atoms with E-state index in [1.54, 1.807) is 0 Å². The number of hydrogen-bond acceptors (Lipinski definition) is 5. The molecule has 2 N–H and O–H groups in total. The van der Waals surface area contributed by atoms with Gasteiger partial charge in [-0.25, -0.2) is 0 Å². The van der Waals surface area contributed by atoms with Gasteiger partial charge in [-0.2, -0.15) is 0 Å². The second-order valence-corrected chi connectivity index (χ2v) is 8.35. The van der Waals surface area contributed by atoms with Gasteiger partial charge in [-0.15, -0.1) is 0 Å². The molecule has 2 aliphatic rings. The van der Waals surface area contributed by atoms with Crippen molar-refractivity contribution >= 4 is 15.9 Å². The molecule has 1 saturated heterocycles. The summed E-state index contributed by atoms with van der Waals surface area (Å²) in [6, 6.07) is 10.3. The van der Waals surface area contributed by atoms with Gasteiger partial charge in [-0.3, -0.25) is 0 Å². The summed E-state index contributed by atoms with van der Waals surface area (Å²) in [6.45, 7) is 3.17. The minimum Gasteiger partial charge on any atom is -0.486 e. The molecule has 2 aromatic carbocycles. The maximum atomic E-state index is 10.2. The molecule has 3 unspecified atom stereocenters. The summed E-state index contributed by atoms with van der Waals surface area (Å²) >= 11 is 3.67. The fraction of sp³-hybridized carbons (Fsp3) is 0.455. The Hall–Kier alpha value is -1.60. The summed E-state index contributed by atoms with van der Waals surface area (Å²) in [6.07, 6.45) is 0.761. The van der Waals surface area contributed by atoms with Crippen LogP contribution in [0.25, 0.3) is 0 Å². The molecule has 0 spiro atoms. The van der Waals surface area contributed by atoms with E-state index < -0.39 is 6.10 Å². The zero-order valence-corrected chi connectivity index (χ0v) is 17.4. The van der Waals surface area contributed by atoms with E-state index in [1.165, 1.54) is 11.1 Å². The Kier molecular flexibility index (Phi) is 5.92. The molecule has 0 amide bonds. The van der Waals surface area contributed by atoms with Gasteiger partial charge in [0.15, 0.2) is 11.5 Å². The summed E-state index contributed by atoms with van der Waals surface area (Å²) in [7, 11) is 0. The molecule has 2 aromatic rings. The van der Waals surface area contributed by atoms with Crippen LogP contribution in [-0.4, -0.2) is 42.2 Å². The van der Waals surface area contributed by atoms with Crippen molar-refractivity contribution < 1.29 is 24.4 Å². The highest BCUT2D eigenvalue weighted by atomic mass is 79.9. The van der Waals surface area contributed by atoms with Gasteiger partial charge in [0.1, 0.15) is 13.2 Å². The molecule has 28 heavy (non-hydrogen) atoms. The van der Waals surface area contributed by atoms with E-state index in [-0.39, 0.29) is 18.8 Å². The molecule has 0 radical (unpaired) electrons. The highest BCUT2D eigenvalue weighted by Crippen LogP contribution is 2.36. The van der Waals surface area contributed by atoms with Crippen LogP contribution in [0.15, 0.2) is 34.8 Å². The maximum absolute atomic E-state index is 10.2. The molecular formula is C22H25BrO5. The molecule has 0 saturated carbocycles. The minimum absolute atomic E-state index is 0.0787. The van der Waals surface area contributed by atoms with E-state index in [9.17, 15) is 10.2 Å². The molecule has 2 heterocycles. The van der Waals surface area contributed by atoms with Crippen molar-refractivity contribution in [2.24, 2.45) is 0 Å². The highest BCUT2D eigenvalue weighted by Gasteiger charge is 2.29. The Morgan fingerprint density at radius 2 is 1.86 bits per heavy atom. The summed E-state index contributed by atoms with van der Waals surface area (Å²) in [4.78, 5) is 0. The standard InChI is InChI=1S/C22H25BrO5/c1-13-15(6-14-2-3-20-22(7-14)27-5-4-26-20)8-16(9-19(13)23)21-11-17(25)10-18(12-24)28-21/h2-3,7-9,17-18,21,24-25H,4-6,10-12H2,1H3. The monoisotopic (exact) mass is 448 g/mol. The third-order valence-electron chi connectivity index (χ3n) is 5.43. The van der Waals surface area contributed by atoms with Gasteiger partial charge in [-0.05, 0) is 53.8 Å². The summed E-state index contributed by atoms with van der Waals surface area (Å²) < 4.78 is 18.3. The van der Waals surface area contributed by atoms with E-state index >= 15 is 0 Å². The molecule has 5 nitrogen and oxygen atoms in total. The van der Waals surface area contributed by atoms with Gasteiger partial charge in [0.2, 0.25) is 0 Å². The lowest BCUT2D eigenvalue weighted by Gasteiger charge is -2.33. The zero-order valence-electron chi connectivity index (χ0n) is 15.9.